The van der Waals surface area contributed by atoms with Crippen molar-refractivity contribution in [2.45, 2.75) is 58.7 Å². The van der Waals surface area contributed by atoms with E-state index in [1.165, 1.54) is 13.8 Å². The van der Waals surface area contributed by atoms with E-state index in [4.69, 9.17) is 4.74 Å². The average molecular weight is 379 g/mol. The van der Waals surface area contributed by atoms with Gasteiger partial charge in [0, 0.05) is 6.04 Å². The zero-order valence-electron chi connectivity index (χ0n) is 15.9. The van der Waals surface area contributed by atoms with Crippen molar-refractivity contribution in [3.8, 4) is 0 Å². The molecule has 1 heterocycles. The molecule has 27 heavy (non-hydrogen) atoms. The Hall–Kier alpha value is -2.71. The van der Waals surface area contributed by atoms with Gasteiger partial charge in [-0.3, -0.25) is 24.6 Å². The zero-order chi connectivity index (χ0) is 20.3. The Morgan fingerprint density at radius 2 is 1.56 bits per heavy atom. The molecule has 4 atom stereocenters. The van der Waals surface area contributed by atoms with Crippen LogP contribution in [0.5, 0.6) is 0 Å². The number of amides is 5. The second-order valence-corrected chi connectivity index (χ2v) is 7.07. The highest BCUT2D eigenvalue weighted by atomic mass is 16.5. The topological polar surface area (TPSA) is 122 Å². The molecule has 1 saturated heterocycles. The molecule has 1 aliphatic carbocycles. The number of urea groups is 1. The van der Waals surface area contributed by atoms with Crippen LogP contribution in [0.3, 0.4) is 0 Å². The third-order valence-corrected chi connectivity index (χ3v) is 4.59. The lowest BCUT2D eigenvalue weighted by atomic mass is 9.85. The molecule has 2 N–H and O–H groups in total. The summed E-state index contributed by atoms with van der Waals surface area (Å²) in [4.78, 5) is 61.7. The van der Waals surface area contributed by atoms with Gasteiger partial charge in [0.2, 0.25) is 11.8 Å². The minimum atomic E-state index is -1.25. The van der Waals surface area contributed by atoms with Gasteiger partial charge < -0.3 is 10.1 Å². The predicted octanol–water partition coefficient (Wildman–Crippen LogP) is 0.492. The minimum absolute atomic E-state index is 0.166. The lowest BCUT2D eigenvalue weighted by Gasteiger charge is -2.23. The first kappa shape index (κ1) is 20.6. The number of likely N-dealkylation sites (tertiary alicyclic amines) is 1. The van der Waals surface area contributed by atoms with Crippen LogP contribution in [0.25, 0.3) is 0 Å². The van der Waals surface area contributed by atoms with Crippen molar-refractivity contribution in [1.82, 2.24) is 15.5 Å². The van der Waals surface area contributed by atoms with Gasteiger partial charge in [-0.25, -0.2) is 9.59 Å². The van der Waals surface area contributed by atoms with E-state index in [-0.39, 0.29) is 6.04 Å². The molecule has 0 aromatic rings. The number of fused-ring (bicyclic) bond motifs is 1. The number of allylic oxidation sites excluding steroid dienone is 2. The monoisotopic (exact) mass is 379 g/mol. The van der Waals surface area contributed by atoms with E-state index in [0.717, 1.165) is 4.90 Å². The molecule has 148 valence electrons. The van der Waals surface area contributed by atoms with Crippen LogP contribution in [-0.2, 0) is 23.9 Å². The van der Waals surface area contributed by atoms with Gasteiger partial charge in [-0.05, 0) is 40.5 Å². The average Bonchev–Trinajstić information content (AvgIpc) is 2.84. The van der Waals surface area contributed by atoms with Gasteiger partial charge in [0.25, 0.3) is 5.91 Å². The summed E-state index contributed by atoms with van der Waals surface area (Å²) in [7, 11) is 0. The van der Waals surface area contributed by atoms with E-state index in [9.17, 15) is 24.0 Å². The predicted molar refractivity (Wildman–Crippen MR) is 94.0 cm³/mol. The summed E-state index contributed by atoms with van der Waals surface area (Å²) in [5, 5.41) is 4.54. The second-order valence-electron chi connectivity index (χ2n) is 7.07. The van der Waals surface area contributed by atoms with Gasteiger partial charge in [-0.2, -0.15) is 0 Å². The maximum atomic E-state index is 12.5. The summed E-state index contributed by atoms with van der Waals surface area (Å²) >= 11 is 0. The molecule has 0 unspecified atom stereocenters. The van der Waals surface area contributed by atoms with Crippen LogP contribution in [-0.4, -0.2) is 52.8 Å². The summed E-state index contributed by atoms with van der Waals surface area (Å²) in [5.41, 5.74) is 0. The Labute approximate surface area is 157 Å². The van der Waals surface area contributed by atoms with E-state index >= 15 is 0 Å². The molecule has 9 nitrogen and oxygen atoms in total. The zero-order valence-corrected chi connectivity index (χ0v) is 15.9. The number of hydrogen-bond acceptors (Lipinski definition) is 6. The fourth-order valence-electron chi connectivity index (χ4n) is 3.15. The summed E-state index contributed by atoms with van der Waals surface area (Å²) in [6.45, 7) is 6.15. The molecule has 0 saturated carbocycles. The van der Waals surface area contributed by atoms with Crippen molar-refractivity contribution in [2.24, 2.45) is 11.8 Å². The summed E-state index contributed by atoms with van der Waals surface area (Å²) in [6.07, 6.45) is 3.39. The normalized spacial score (nSPS) is 23.7. The molecule has 2 rings (SSSR count). The van der Waals surface area contributed by atoms with Crippen LogP contribution < -0.4 is 10.6 Å². The molecular weight excluding hydrogens is 354 g/mol. The van der Waals surface area contributed by atoms with Crippen LogP contribution in [0.15, 0.2) is 12.2 Å². The SMILES string of the molecule is CC(C)NC(=O)NC(=O)[C@H](C)OC(=O)[C@H](C)N1C(=O)[C@H]2CC=CC[C@H]2C1=O. The van der Waals surface area contributed by atoms with Crippen LogP contribution >= 0.6 is 0 Å². The summed E-state index contributed by atoms with van der Waals surface area (Å²) in [5.74, 6) is -3.36. The standard InChI is InChI=1S/C18H25N3O6/c1-9(2)19-18(26)20-14(22)11(4)27-17(25)10(3)21-15(23)12-7-5-6-8-13(12)16(21)24/h5-6,9-13H,7-8H2,1-4H3,(H2,19,20,22,26)/t10-,11-,12-,13+/m0/s1. The largest absolute Gasteiger partial charge is 0.451 e. The fourth-order valence-corrected chi connectivity index (χ4v) is 3.15. The molecule has 2 aliphatic rings. The molecule has 0 bridgehead atoms. The maximum Gasteiger partial charge on any atom is 0.329 e. The molecular formula is C18H25N3O6. The number of rotatable bonds is 5. The first-order valence-electron chi connectivity index (χ1n) is 8.97. The quantitative estimate of drug-likeness (QED) is 0.407. The fraction of sp³-hybridized carbons (Fsp3) is 0.611. The third-order valence-electron chi connectivity index (χ3n) is 4.59. The first-order chi connectivity index (χ1) is 12.6. The number of carbonyl (C=O) groups excluding carboxylic acids is 5. The highest BCUT2D eigenvalue weighted by Crippen LogP contribution is 2.36. The van der Waals surface area contributed by atoms with Crippen molar-refractivity contribution >= 4 is 29.7 Å². The van der Waals surface area contributed by atoms with Crippen LogP contribution in [0.4, 0.5) is 4.79 Å². The maximum absolute atomic E-state index is 12.5. The highest BCUT2D eigenvalue weighted by Gasteiger charge is 2.50. The van der Waals surface area contributed by atoms with Gasteiger partial charge in [0.05, 0.1) is 11.8 Å². The Morgan fingerprint density at radius 1 is 1.04 bits per heavy atom. The molecule has 1 fully saturated rings. The van der Waals surface area contributed by atoms with Gasteiger partial charge in [0.15, 0.2) is 6.10 Å². The molecule has 5 amide bonds. The Kier molecular flexibility index (Phi) is 6.35. The second kappa shape index (κ2) is 8.32. The third kappa shape index (κ3) is 4.53. The molecule has 0 aromatic heterocycles. The molecule has 1 aliphatic heterocycles. The van der Waals surface area contributed by atoms with Crippen molar-refractivity contribution in [1.29, 1.82) is 0 Å². The van der Waals surface area contributed by atoms with E-state index in [0.29, 0.717) is 12.8 Å². The number of ether oxygens (including phenoxy) is 1. The molecule has 0 radical (unpaired) electrons. The Balaban J connectivity index is 1.95. The van der Waals surface area contributed by atoms with Crippen LogP contribution in [0.1, 0.15) is 40.5 Å². The summed E-state index contributed by atoms with van der Waals surface area (Å²) in [6, 6.07) is -2.01. The van der Waals surface area contributed by atoms with Crippen molar-refractivity contribution in [3.05, 3.63) is 12.2 Å². The summed E-state index contributed by atoms with van der Waals surface area (Å²) < 4.78 is 5.05. The van der Waals surface area contributed by atoms with Crippen molar-refractivity contribution in [2.75, 3.05) is 0 Å². The molecule has 0 spiro atoms. The Bertz CT molecular complexity index is 661. The molecule has 0 aromatic carbocycles. The van der Waals surface area contributed by atoms with Crippen LogP contribution in [0, 0.1) is 11.8 Å². The number of nitrogens with zero attached hydrogens (tertiary/aromatic N) is 1. The van der Waals surface area contributed by atoms with E-state index in [1.807, 2.05) is 12.2 Å². The van der Waals surface area contributed by atoms with Gasteiger partial charge in [-0.15, -0.1) is 0 Å². The Morgan fingerprint density at radius 3 is 2.04 bits per heavy atom. The number of imide groups is 2. The van der Waals surface area contributed by atoms with Gasteiger partial charge in [0.1, 0.15) is 6.04 Å². The number of carbonyl (C=O) groups is 5. The van der Waals surface area contributed by atoms with Crippen molar-refractivity contribution < 1.29 is 28.7 Å². The minimum Gasteiger partial charge on any atom is -0.451 e. The highest BCUT2D eigenvalue weighted by molar-refractivity contribution is 6.08. The first-order valence-corrected chi connectivity index (χ1v) is 8.97. The lowest BCUT2D eigenvalue weighted by molar-refractivity contribution is -0.163. The number of hydrogen-bond donors (Lipinski definition) is 2. The lowest BCUT2D eigenvalue weighted by Crippen LogP contribution is -2.49. The van der Waals surface area contributed by atoms with Gasteiger partial charge in [-0.1, -0.05) is 12.2 Å². The van der Waals surface area contributed by atoms with E-state index < -0.39 is 53.7 Å². The van der Waals surface area contributed by atoms with E-state index in [1.54, 1.807) is 13.8 Å². The number of nitrogens with one attached hydrogen (secondary N) is 2. The smallest absolute Gasteiger partial charge is 0.329 e. The molecule has 9 heteroatoms. The van der Waals surface area contributed by atoms with E-state index in [2.05, 4.69) is 10.6 Å². The van der Waals surface area contributed by atoms with Crippen LogP contribution in [0.2, 0.25) is 0 Å². The number of esters is 1. The van der Waals surface area contributed by atoms with Gasteiger partial charge >= 0.3 is 12.0 Å². The van der Waals surface area contributed by atoms with Crippen molar-refractivity contribution in [3.63, 3.8) is 0 Å².